The van der Waals surface area contributed by atoms with Crippen LogP contribution in [0.15, 0.2) is 10.7 Å². The number of hydrogen-bond donors (Lipinski definition) is 0. The summed E-state index contributed by atoms with van der Waals surface area (Å²) in [5.74, 6) is 0.491. The summed E-state index contributed by atoms with van der Waals surface area (Å²) >= 11 is 0. The molecule has 0 saturated carbocycles. The van der Waals surface area contributed by atoms with Gasteiger partial charge in [0, 0.05) is 32.6 Å². The molecule has 0 N–H and O–H groups in total. The third-order valence-corrected chi connectivity index (χ3v) is 4.84. The number of nitrogens with zero attached hydrogens (tertiary/aromatic N) is 3. The molecule has 0 bridgehead atoms. The quantitative estimate of drug-likeness (QED) is 0.741. The first-order chi connectivity index (χ1) is 11.7. The van der Waals surface area contributed by atoms with Crippen molar-refractivity contribution in [2.24, 2.45) is 5.92 Å². The fourth-order valence-corrected chi connectivity index (χ4v) is 3.40. The van der Waals surface area contributed by atoms with E-state index in [1.165, 1.54) is 6.26 Å². The van der Waals surface area contributed by atoms with Crippen molar-refractivity contribution < 1.29 is 18.7 Å². The Morgan fingerprint density at radius 2 is 2.17 bits per heavy atom. The highest BCUT2D eigenvalue weighted by Gasteiger charge is 2.26. The second kappa shape index (κ2) is 7.68. The van der Waals surface area contributed by atoms with Crippen LogP contribution in [0.1, 0.15) is 49.5 Å². The maximum atomic E-state index is 11.6. The predicted octanol–water partition coefficient (Wildman–Crippen LogP) is 2.08. The Balaban J connectivity index is 1.45. The van der Waals surface area contributed by atoms with Gasteiger partial charge in [0.2, 0.25) is 5.91 Å². The topological polar surface area (TPSA) is 75.9 Å². The Morgan fingerprint density at radius 1 is 1.38 bits per heavy atom. The molecule has 132 valence electrons. The van der Waals surface area contributed by atoms with Gasteiger partial charge < -0.3 is 19.0 Å². The lowest BCUT2D eigenvalue weighted by atomic mass is 9.93. The minimum atomic E-state index is -0.447. The van der Waals surface area contributed by atoms with Gasteiger partial charge in [0.25, 0.3) is 6.01 Å². The molecule has 2 aliphatic heterocycles. The van der Waals surface area contributed by atoms with Crippen molar-refractivity contribution >= 4 is 17.9 Å². The highest BCUT2D eigenvalue weighted by molar-refractivity contribution is 5.87. The van der Waals surface area contributed by atoms with Gasteiger partial charge in [-0.05, 0) is 38.5 Å². The predicted molar refractivity (Wildman–Crippen MR) is 87.8 cm³/mol. The van der Waals surface area contributed by atoms with Gasteiger partial charge in [-0.3, -0.25) is 4.79 Å². The molecule has 0 aromatic carbocycles. The van der Waals surface area contributed by atoms with E-state index < -0.39 is 5.97 Å². The number of hydrogen-bond acceptors (Lipinski definition) is 6. The van der Waals surface area contributed by atoms with Gasteiger partial charge in [-0.2, -0.15) is 4.98 Å². The van der Waals surface area contributed by atoms with Crippen LogP contribution in [0.2, 0.25) is 0 Å². The number of amides is 1. The van der Waals surface area contributed by atoms with E-state index in [1.807, 2.05) is 4.90 Å². The Labute approximate surface area is 141 Å². The van der Waals surface area contributed by atoms with E-state index in [9.17, 15) is 9.59 Å². The Morgan fingerprint density at radius 3 is 2.83 bits per heavy atom. The van der Waals surface area contributed by atoms with Gasteiger partial charge in [-0.1, -0.05) is 0 Å². The number of carbonyl (C=O) groups is 2. The van der Waals surface area contributed by atoms with E-state index in [4.69, 9.17) is 9.15 Å². The number of aromatic nitrogens is 1. The number of carbonyl (C=O) groups excluding carboxylic acids is 2. The first-order valence-corrected chi connectivity index (χ1v) is 8.82. The standard InChI is InChI=1S/C17H25N3O4/c1-2-23-16(22)14-12-24-17(18-14)20-10-6-13(7-11-20)5-9-19-8-3-4-15(19)21/h12-13H,2-11H2,1H3. The largest absolute Gasteiger partial charge is 0.461 e. The summed E-state index contributed by atoms with van der Waals surface area (Å²) in [6, 6.07) is 0.492. The summed E-state index contributed by atoms with van der Waals surface area (Å²) in [7, 11) is 0. The third kappa shape index (κ3) is 3.88. The van der Waals surface area contributed by atoms with E-state index in [1.54, 1.807) is 6.92 Å². The molecule has 7 heteroatoms. The molecule has 0 atom stereocenters. The molecular formula is C17H25N3O4. The molecule has 3 heterocycles. The minimum Gasteiger partial charge on any atom is -0.461 e. The van der Waals surface area contributed by atoms with Crippen LogP contribution in [-0.4, -0.2) is 54.5 Å². The molecule has 0 radical (unpaired) electrons. The van der Waals surface area contributed by atoms with Gasteiger partial charge in [-0.15, -0.1) is 0 Å². The van der Waals surface area contributed by atoms with Crippen LogP contribution in [0.4, 0.5) is 6.01 Å². The lowest BCUT2D eigenvalue weighted by Gasteiger charge is -2.31. The summed E-state index contributed by atoms with van der Waals surface area (Å²) in [6.45, 7) is 5.62. The number of oxazole rings is 1. The number of likely N-dealkylation sites (tertiary alicyclic amines) is 1. The highest BCUT2D eigenvalue weighted by atomic mass is 16.5. The SMILES string of the molecule is CCOC(=O)c1coc(N2CCC(CCN3CCCC3=O)CC2)n1. The minimum absolute atomic E-state index is 0.224. The Kier molecular flexibility index (Phi) is 5.37. The van der Waals surface area contributed by atoms with E-state index in [2.05, 4.69) is 9.88 Å². The first kappa shape index (κ1) is 16.8. The van der Waals surface area contributed by atoms with Crippen molar-refractivity contribution in [1.29, 1.82) is 0 Å². The van der Waals surface area contributed by atoms with Crippen molar-refractivity contribution in [3.63, 3.8) is 0 Å². The van der Waals surface area contributed by atoms with Crippen LogP contribution in [0.25, 0.3) is 0 Å². The van der Waals surface area contributed by atoms with Crippen LogP contribution in [0, 0.1) is 5.92 Å². The molecule has 7 nitrogen and oxygen atoms in total. The summed E-state index contributed by atoms with van der Waals surface area (Å²) in [5, 5.41) is 0. The van der Waals surface area contributed by atoms with Crippen LogP contribution >= 0.6 is 0 Å². The smallest absolute Gasteiger partial charge is 0.360 e. The van der Waals surface area contributed by atoms with Crippen molar-refractivity contribution in [2.45, 2.75) is 39.0 Å². The van der Waals surface area contributed by atoms with Crippen molar-refractivity contribution in [3.05, 3.63) is 12.0 Å². The molecule has 1 aromatic rings. The monoisotopic (exact) mass is 335 g/mol. The molecule has 1 aromatic heterocycles. The number of ether oxygens (including phenoxy) is 1. The van der Waals surface area contributed by atoms with E-state index in [-0.39, 0.29) is 5.69 Å². The van der Waals surface area contributed by atoms with E-state index >= 15 is 0 Å². The summed E-state index contributed by atoms with van der Waals surface area (Å²) in [4.78, 5) is 31.6. The molecule has 2 saturated heterocycles. The second-order valence-electron chi connectivity index (χ2n) is 6.44. The van der Waals surface area contributed by atoms with Gasteiger partial charge in [0.05, 0.1) is 6.61 Å². The molecule has 24 heavy (non-hydrogen) atoms. The molecule has 1 amide bonds. The van der Waals surface area contributed by atoms with Crippen LogP contribution in [0.5, 0.6) is 0 Å². The Bertz CT molecular complexity index is 578. The van der Waals surface area contributed by atoms with Gasteiger partial charge >= 0.3 is 5.97 Å². The maximum Gasteiger partial charge on any atom is 0.360 e. The molecular weight excluding hydrogens is 310 g/mol. The average molecular weight is 335 g/mol. The lowest BCUT2D eigenvalue weighted by molar-refractivity contribution is -0.127. The average Bonchev–Trinajstić information content (AvgIpc) is 3.23. The lowest BCUT2D eigenvalue weighted by Crippen LogP contribution is -2.35. The number of piperidine rings is 1. The molecule has 2 aliphatic rings. The number of esters is 1. The van der Waals surface area contributed by atoms with Gasteiger partial charge in [-0.25, -0.2) is 4.79 Å². The fourth-order valence-electron chi connectivity index (χ4n) is 3.40. The zero-order valence-corrected chi connectivity index (χ0v) is 14.2. The second-order valence-corrected chi connectivity index (χ2v) is 6.44. The normalized spacial score (nSPS) is 19.1. The Hall–Kier alpha value is -2.05. The third-order valence-electron chi connectivity index (χ3n) is 4.84. The van der Waals surface area contributed by atoms with E-state index in [0.717, 1.165) is 51.9 Å². The van der Waals surface area contributed by atoms with Crippen molar-refractivity contribution in [3.8, 4) is 0 Å². The molecule has 0 aliphatic carbocycles. The number of rotatable bonds is 6. The molecule has 3 rings (SSSR count). The molecule has 2 fully saturated rings. The first-order valence-electron chi connectivity index (χ1n) is 8.82. The van der Waals surface area contributed by atoms with E-state index in [0.29, 0.717) is 30.9 Å². The summed E-state index contributed by atoms with van der Waals surface area (Å²) in [5.41, 5.74) is 0.224. The zero-order valence-electron chi connectivity index (χ0n) is 14.2. The highest BCUT2D eigenvalue weighted by Crippen LogP contribution is 2.25. The van der Waals surface area contributed by atoms with Crippen LogP contribution in [0.3, 0.4) is 0 Å². The zero-order chi connectivity index (χ0) is 16.9. The van der Waals surface area contributed by atoms with Crippen molar-refractivity contribution in [2.75, 3.05) is 37.7 Å². The maximum absolute atomic E-state index is 11.6. The number of anilines is 1. The molecule has 0 spiro atoms. The summed E-state index contributed by atoms with van der Waals surface area (Å²) < 4.78 is 10.3. The van der Waals surface area contributed by atoms with Crippen LogP contribution in [-0.2, 0) is 9.53 Å². The van der Waals surface area contributed by atoms with Gasteiger partial charge in [0.1, 0.15) is 6.26 Å². The molecule has 0 unspecified atom stereocenters. The van der Waals surface area contributed by atoms with Crippen LogP contribution < -0.4 is 4.90 Å². The summed E-state index contributed by atoms with van der Waals surface area (Å²) in [6.07, 6.45) is 6.26. The van der Waals surface area contributed by atoms with Crippen molar-refractivity contribution in [1.82, 2.24) is 9.88 Å². The van der Waals surface area contributed by atoms with Gasteiger partial charge in [0.15, 0.2) is 5.69 Å². The fraction of sp³-hybridized carbons (Fsp3) is 0.706.